The number of nitrogens with zero attached hydrogens (tertiary/aromatic N) is 1. The second kappa shape index (κ2) is 8.28. The summed E-state index contributed by atoms with van der Waals surface area (Å²) >= 11 is 0. The summed E-state index contributed by atoms with van der Waals surface area (Å²) in [5.74, 6) is 0.918. The highest BCUT2D eigenvalue weighted by Gasteiger charge is 2.23. The van der Waals surface area contributed by atoms with Gasteiger partial charge in [0.25, 0.3) is 0 Å². The molecule has 0 aliphatic carbocycles. The molecule has 0 bridgehead atoms. The molecule has 3 nitrogen and oxygen atoms in total. The van der Waals surface area contributed by atoms with Crippen LogP contribution in [-0.2, 0) is 6.54 Å². The number of rotatable bonds is 9. The topological polar surface area (TPSA) is 24.5 Å². The molecule has 0 amide bonds. The number of ether oxygens (including phenoxy) is 1. The molecule has 1 rings (SSSR count). The van der Waals surface area contributed by atoms with Crippen LogP contribution < -0.4 is 10.1 Å². The Morgan fingerprint density at radius 2 is 1.85 bits per heavy atom. The highest BCUT2D eigenvalue weighted by Crippen LogP contribution is 2.22. The summed E-state index contributed by atoms with van der Waals surface area (Å²) in [5.41, 5.74) is 1.66. The second-order valence-electron chi connectivity index (χ2n) is 5.96. The van der Waals surface area contributed by atoms with E-state index in [-0.39, 0.29) is 0 Å². The van der Waals surface area contributed by atoms with Crippen molar-refractivity contribution in [3.63, 3.8) is 0 Å². The molecule has 0 aromatic heterocycles. The van der Waals surface area contributed by atoms with Crippen LogP contribution in [0.4, 0.5) is 0 Å². The van der Waals surface area contributed by atoms with Crippen molar-refractivity contribution < 1.29 is 4.74 Å². The lowest BCUT2D eigenvalue weighted by Crippen LogP contribution is -2.40. The lowest BCUT2D eigenvalue weighted by molar-refractivity contribution is 0.176. The Kier molecular flexibility index (Phi) is 7.03. The molecule has 0 radical (unpaired) electrons. The number of benzene rings is 1. The van der Waals surface area contributed by atoms with Crippen molar-refractivity contribution >= 4 is 0 Å². The van der Waals surface area contributed by atoms with Gasteiger partial charge in [-0.3, -0.25) is 0 Å². The molecular formula is C17H30N2O. The van der Waals surface area contributed by atoms with E-state index in [4.69, 9.17) is 4.74 Å². The number of methoxy groups -OCH3 is 1. The molecule has 3 heteroatoms. The molecule has 20 heavy (non-hydrogen) atoms. The maximum Gasteiger partial charge on any atom is 0.118 e. The molecule has 114 valence electrons. The number of hydrogen-bond acceptors (Lipinski definition) is 3. The van der Waals surface area contributed by atoms with E-state index in [1.54, 1.807) is 7.11 Å². The Morgan fingerprint density at radius 1 is 1.20 bits per heavy atom. The summed E-state index contributed by atoms with van der Waals surface area (Å²) in [5, 5.41) is 3.48. The average Bonchev–Trinajstić information content (AvgIpc) is 2.46. The third-order valence-corrected chi connectivity index (χ3v) is 3.92. The van der Waals surface area contributed by atoms with Crippen LogP contribution in [0.5, 0.6) is 5.75 Å². The Morgan fingerprint density at radius 3 is 2.35 bits per heavy atom. The van der Waals surface area contributed by atoms with Gasteiger partial charge in [0.1, 0.15) is 5.75 Å². The fourth-order valence-corrected chi connectivity index (χ4v) is 2.47. The molecule has 0 saturated heterocycles. The van der Waals surface area contributed by atoms with Gasteiger partial charge in [0, 0.05) is 19.6 Å². The summed E-state index contributed by atoms with van der Waals surface area (Å²) in [4.78, 5) is 2.41. The van der Waals surface area contributed by atoms with Crippen LogP contribution in [0.3, 0.4) is 0 Å². The Labute approximate surface area is 124 Å². The fourth-order valence-electron chi connectivity index (χ4n) is 2.47. The molecule has 0 saturated carbocycles. The normalized spacial score (nSPS) is 14.3. The SMILES string of the molecule is CCNCC(C)(CC)CN(C)Cc1ccc(OC)cc1. The second-order valence-corrected chi connectivity index (χ2v) is 5.96. The van der Waals surface area contributed by atoms with Gasteiger partial charge in [0.2, 0.25) is 0 Å². The van der Waals surface area contributed by atoms with Crippen molar-refractivity contribution in [2.75, 3.05) is 33.8 Å². The van der Waals surface area contributed by atoms with Gasteiger partial charge in [-0.1, -0.05) is 32.9 Å². The fraction of sp³-hybridized carbons (Fsp3) is 0.647. The minimum absolute atomic E-state index is 0.331. The van der Waals surface area contributed by atoms with Crippen molar-refractivity contribution in [3.05, 3.63) is 29.8 Å². The van der Waals surface area contributed by atoms with Gasteiger partial charge >= 0.3 is 0 Å². The van der Waals surface area contributed by atoms with Gasteiger partial charge in [-0.2, -0.15) is 0 Å². The highest BCUT2D eigenvalue weighted by atomic mass is 16.5. The van der Waals surface area contributed by atoms with Crippen LogP contribution >= 0.6 is 0 Å². The van der Waals surface area contributed by atoms with E-state index in [9.17, 15) is 0 Å². The van der Waals surface area contributed by atoms with Crippen LogP contribution in [0, 0.1) is 5.41 Å². The monoisotopic (exact) mass is 278 g/mol. The third-order valence-electron chi connectivity index (χ3n) is 3.92. The zero-order valence-corrected chi connectivity index (χ0v) is 13.7. The third kappa shape index (κ3) is 5.51. The zero-order valence-electron chi connectivity index (χ0n) is 13.7. The number of nitrogens with one attached hydrogen (secondary N) is 1. The zero-order chi connectivity index (χ0) is 15.0. The van der Waals surface area contributed by atoms with E-state index >= 15 is 0 Å². The molecule has 1 unspecified atom stereocenters. The Hall–Kier alpha value is -1.06. The van der Waals surface area contributed by atoms with Crippen molar-refractivity contribution in [3.8, 4) is 5.75 Å². The lowest BCUT2D eigenvalue weighted by Gasteiger charge is -2.33. The van der Waals surface area contributed by atoms with Crippen LogP contribution in [0.1, 0.15) is 32.8 Å². The first-order valence-corrected chi connectivity index (χ1v) is 7.55. The van der Waals surface area contributed by atoms with Crippen molar-refractivity contribution in [2.45, 2.75) is 33.7 Å². The molecule has 0 spiro atoms. The summed E-state index contributed by atoms with van der Waals surface area (Å²) in [6.45, 7) is 11.0. The van der Waals surface area contributed by atoms with Crippen molar-refractivity contribution in [1.82, 2.24) is 10.2 Å². The molecule has 0 aliphatic heterocycles. The van der Waals surface area contributed by atoms with Crippen LogP contribution in [-0.4, -0.2) is 38.7 Å². The Bertz CT molecular complexity index is 377. The standard InChI is InChI=1S/C17H30N2O/c1-6-17(3,13-18-7-2)14-19(4)12-15-8-10-16(20-5)11-9-15/h8-11,18H,6-7,12-14H2,1-5H3. The summed E-state index contributed by atoms with van der Waals surface area (Å²) in [6, 6.07) is 8.34. The molecular weight excluding hydrogens is 248 g/mol. The van der Waals surface area contributed by atoms with E-state index < -0.39 is 0 Å². The molecule has 1 atom stereocenters. The molecule has 0 fully saturated rings. The maximum atomic E-state index is 5.19. The molecule has 0 aliphatic rings. The van der Waals surface area contributed by atoms with E-state index in [0.717, 1.165) is 31.9 Å². The molecule has 0 heterocycles. The van der Waals surface area contributed by atoms with E-state index in [1.807, 2.05) is 12.1 Å². The maximum absolute atomic E-state index is 5.19. The minimum Gasteiger partial charge on any atom is -0.497 e. The highest BCUT2D eigenvalue weighted by molar-refractivity contribution is 5.27. The quantitative estimate of drug-likeness (QED) is 0.751. The lowest BCUT2D eigenvalue weighted by atomic mass is 9.86. The first-order valence-electron chi connectivity index (χ1n) is 7.55. The van der Waals surface area contributed by atoms with Gasteiger partial charge < -0.3 is 15.0 Å². The first kappa shape index (κ1) is 17.0. The van der Waals surface area contributed by atoms with Crippen LogP contribution in [0.25, 0.3) is 0 Å². The molecule has 1 N–H and O–H groups in total. The van der Waals surface area contributed by atoms with Gasteiger partial charge in [-0.15, -0.1) is 0 Å². The molecule has 1 aromatic carbocycles. The predicted octanol–water partition coefficient (Wildman–Crippen LogP) is 3.15. The van der Waals surface area contributed by atoms with Crippen molar-refractivity contribution in [2.24, 2.45) is 5.41 Å². The van der Waals surface area contributed by atoms with E-state index in [1.165, 1.54) is 12.0 Å². The molecule has 1 aromatic rings. The smallest absolute Gasteiger partial charge is 0.118 e. The average molecular weight is 278 g/mol. The number of hydrogen-bond donors (Lipinski definition) is 1. The predicted molar refractivity (Wildman–Crippen MR) is 86.3 cm³/mol. The first-order chi connectivity index (χ1) is 9.53. The van der Waals surface area contributed by atoms with E-state index in [0.29, 0.717) is 5.41 Å². The summed E-state index contributed by atoms with van der Waals surface area (Å²) in [7, 11) is 3.90. The largest absolute Gasteiger partial charge is 0.497 e. The summed E-state index contributed by atoms with van der Waals surface area (Å²) in [6.07, 6.45) is 1.19. The van der Waals surface area contributed by atoms with Crippen molar-refractivity contribution in [1.29, 1.82) is 0 Å². The van der Waals surface area contributed by atoms with Gasteiger partial charge in [0.05, 0.1) is 7.11 Å². The van der Waals surface area contributed by atoms with Crippen LogP contribution in [0.2, 0.25) is 0 Å². The summed E-state index contributed by atoms with van der Waals surface area (Å²) < 4.78 is 5.19. The van der Waals surface area contributed by atoms with Gasteiger partial charge in [-0.05, 0) is 43.1 Å². The Balaban J connectivity index is 2.53. The van der Waals surface area contributed by atoms with E-state index in [2.05, 4.69) is 50.2 Å². The van der Waals surface area contributed by atoms with Crippen LogP contribution in [0.15, 0.2) is 24.3 Å². The van der Waals surface area contributed by atoms with Gasteiger partial charge in [0.15, 0.2) is 0 Å². The minimum atomic E-state index is 0.331. The van der Waals surface area contributed by atoms with Gasteiger partial charge in [-0.25, -0.2) is 0 Å².